The van der Waals surface area contributed by atoms with E-state index < -0.39 is 17.6 Å². The predicted molar refractivity (Wildman–Crippen MR) is 79.6 cm³/mol. The van der Waals surface area contributed by atoms with Crippen LogP contribution in [0.25, 0.3) is 0 Å². The molecule has 0 spiro atoms. The number of aliphatic hydroxyl groups is 3. The second-order valence-electron chi connectivity index (χ2n) is 4.47. The molecule has 0 aromatic heterocycles. The van der Waals surface area contributed by atoms with Gasteiger partial charge in [-0.1, -0.05) is 13.0 Å². The average Bonchev–Trinajstić information content (AvgIpc) is 2.49. The Hall–Kier alpha value is -1.90. The fourth-order valence-electron chi connectivity index (χ4n) is 1.93. The lowest BCUT2D eigenvalue weighted by molar-refractivity contribution is -0.383. The molecule has 1 rings (SSSR count). The zero-order chi connectivity index (χ0) is 15.8. The van der Waals surface area contributed by atoms with Gasteiger partial charge < -0.3 is 26.0 Å². The van der Waals surface area contributed by atoms with Crippen molar-refractivity contribution >= 4 is 17.1 Å². The molecule has 0 saturated carbocycles. The number of hydrogen-bond donors (Lipinski definition) is 5. The van der Waals surface area contributed by atoms with Crippen molar-refractivity contribution in [3.8, 4) is 0 Å². The molecule has 0 aliphatic heterocycles. The number of nitrogens with zero attached hydrogens (tertiary/aromatic N) is 1. The molecule has 1 aromatic rings. The zero-order valence-corrected chi connectivity index (χ0v) is 11.9. The summed E-state index contributed by atoms with van der Waals surface area (Å²) in [5.74, 6) is 0. The number of rotatable bonds is 9. The number of nitro groups is 1. The van der Waals surface area contributed by atoms with E-state index in [1.807, 2.05) is 6.92 Å². The normalized spacial score (nSPS) is 12.0. The molecule has 21 heavy (non-hydrogen) atoms. The van der Waals surface area contributed by atoms with E-state index in [0.717, 1.165) is 5.56 Å². The quantitative estimate of drug-likeness (QED) is 0.328. The first-order chi connectivity index (χ1) is 10.0. The summed E-state index contributed by atoms with van der Waals surface area (Å²) in [6.07, 6.45) is -0.391. The Kier molecular flexibility index (Phi) is 6.86. The molecule has 0 aliphatic carbocycles. The molecular formula is C13H21N3O5. The third-order valence-electron chi connectivity index (χ3n) is 2.98. The molecule has 0 saturated heterocycles. The first-order valence-corrected chi connectivity index (χ1v) is 6.72. The van der Waals surface area contributed by atoms with E-state index in [0.29, 0.717) is 12.1 Å². The highest BCUT2D eigenvalue weighted by Gasteiger charge is 2.22. The van der Waals surface area contributed by atoms with Gasteiger partial charge in [-0.15, -0.1) is 0 Å². The molecule has 0 amide bonds. The topological polar surface area (TPSA) is 128 Å². The number of aryl methyl sites for hydroxylation is 1. The van der Waals surface area contributed by atoms with Gasteiger partial charge in [-0.2, -0.15) is 0 Å². The van der Waals surface area contributed by atoms with Gasteiger partial charge in [-0.25, -0.2) is 0 Å². The lowest BCUT2D eigenvalue weighted by Crippen LogP contribution is -2.23. The second-order valence-corrected chi connectivity index (χ2v) is 4.47. The molecule has 0 aliphatic rings. The first kappa shape index (κ1) is 17.2. The van der Waals surface area contributed by atoms with Crippen LogP contribution in [0.1, 0.15) is 12.5 Å². The van der Waals surface area contributed by atoms with Gasteiger partial charge in [0.25, 0.3) is 0 Å². The molecule has 8 heteroatoms. The lowest BCUT2D eigenvalue weighted by atomic mass is 10.1. The molecule has 0 heterocycles. The number of nitro benzene ring substituents is 1. The van der Waals surface area contributed by atoms with Crippen LogP contribution in [0.4, 0.5) is 17.1 Å². The third-order valence-corrected chi connectivity index (χ3v) is 2.98. The van der Waals surface area contributed by atoms with Gasteiger partial charge in [0, 0.05) is 13.1 Å². The van der Waals surface area contributed by atoms with Crippen LogP contribution < -0.4 is 10.6 Å². The second kappa shape index (κ2) is 8.40. The smallest absolute Gasteiger partial charge is 0.315 e. The molecule has 8 nitrogen and oxygen atoms in total. The van der Waals surface area contributed by atoms with Crippen LogP contribution in [-0.2, 0) is 6.42 Å². The van der Waals surface area contributed by atoms with Crippen molar-refractivity contribution in [2.75, 3.05) is 36.9 Å². The summed E-state index contributed by atoms with van der Waals surface area (Å²) in [5, 5.41) is 44.0. The fraction of sp³-hybridized carbons (Fsp3) is 0.538. The highest BCUT2D eigenvalue weighted by atomic mass is 16.6. The van der Waals surface area contributed by atoms with E-state index in [4.69, 9.17) is 10.2 Å². The minimum absolute atomic E-state index is 0.00223. The summed E-state index contributed by atoms with van der Waals surface area (Å²) >= 11 is 0. The average molecular weight is 299 g/mol. The standard InChI is InChI=1S/C13H21N3O5/c1-2-9-3-4-11(15-7-10(19)8-18)13(16(20)21)12(9)14-5-6-17/h3-4,10,14-15,17-19H,2,5-8H2,1H3. The van der Waals surface area contributed by atoms with Gasteiger partial charge in [0.2, 0.25) is 0 Å². The maximum Gasteiger partial charge on any atom is 0.315 e. The summed E-state index contributed by atoms with van der Waals surface area (Å²) in [4.78, 5) is 10.8. The van der Waals surface area contributed by atoms with E-state index >= 15 is 0 Å². The molecule has 0 bridgehead atoms. The number of benzene rings is 1. The first-order valence-electron chi connectivity index (χ1n) is 6.72. The lowest BCUT2D eigenvalue weighted by Gasteiger charge is -2.15. The number of anilines is 2. The molecule has 118 valence electrons. The molecule has 1 aromatic carbocycles. The van der Waals surface area contributed by atoms with Crippen LogP contribution in [0, 0.1) is 10.1 Å². The van der Waals surface area contributed by atoms with E-state index in [9.17, 15) is 15.2 Å². The highest BCUT2D eigenvalue weighted by Crippen LogP contribution is 2.36. The largest absolute Gasteiger partial charge is 0.395 e. The molecule has 0 fully saturated rings. The summed E-state index contributed by atoms with van der Waals surface area (Å²) in [7, 11) is 0. The van der Waals surface area contributed by atoms with Crippen molar-refractivity contribution in [3.05, 3.63) is 27.8 Å². The Morgan fingerprint density at radius 3 is 2.57 bits per heavy atom. The van der Waals surface area contributed by atoms with Gasteiger partial charge in [-0.05, 0) is 18.1 Å². The van der Waals surface area contributed by atoms with Crippen molar-refractivity contribution < 1.29 is 20.2 Å². The Bertz CT molecular complexity index is 481. The van der Waals surface area contributed by atoms with Crippen molar-refractivity contribution in [1.29, 1.82) is 0 Å². The predicted octanol–water partition coefficient (Wildman–Crippen LogP) is 0.326. The van der Waals surface area contributed by atoms with Gasteiger partial charge in [-0.3, -0.25) is 10.1 Å². The summed E-state index contributed by atoms with van der Waals surface area (Å²) in [5.41, 5.74) is 1.25. The maximum atomic E-state index is 11.3. The molecule has 1 atom stereocenters. The van der Waals surface area contributed by atoms with E-state index in [2.05, 4.69) is 10.6 Å². The van der Waals surface area contributed by atoms with Crippen LogP contribution in [0.15, 0.2) is 12.1 Å². The van der Waals surface area contributed by atoms with Gasteiger partial charge in [0.1, 0.15) is 11.4 Å². The van der Waals surface area contributed by atoms with E-state index in [1.165, 1.54) is 0 Å². The molecular weight excluding hydrogens is 278 g/mol. The van der Waals surface area contributed by atoms with Crippen molar-refractivity contribution in [2.45, 2.75) is 19.4 Å². The van der Waals surface area contributed by atoms with Crippen LogP contribution >= 0.6 is 0 Å². The van der Waals surface area contributed by atoms with E-state index in [1.54, 1.807) is 12.1 Å². The summed E-state index contributed by atoms with van der Waals surface area (Å²) in [6.45, 7) is 1.52. The van der Waals surface area contributed by atoms with Gasteiger partial charge in [0.05, 0.1) is 24.2 Å². The van der Waals surface area contributed by atoms with Crippen molar-refractivity contribution in [1.82, 2.24) is 0 Å². The van der Waals surface area contributed by atoms with Crippen LogP contribution in [0.3, 0.4) is 0 Å². The molecule has 0 radical (unpaired) electrons. The number of aliphatic hydroxyl groups excluding tert-OH is 3. The summed E-state index contributed by atoms with van der Waals surface area (Å²) < 4.78 is 0. The third kappa shape index (κ3) is 4.55. The Balaban J connectivity index is 3.15. The Labute approximate surface area is 122 Å². The maximum absolute atomic E-state index is 11.3. The zero-order valence-electron chi connectivity index (χ0n) is 11.9. The van der Waals surface area contributed by atoms with E-state index in [-0.39, 0.29) is 31.1 Å². The van der Waals surface area contributed by atoms with Gasteiger partial charge >= 0.3 is 5.69 Å². The molecule has 1 unspecified atom stereocenters. The highest BCUT2D eigenvalue weighted by molar-refractivity contribution is 5.79. The van der Waals surface area contributed by atoms with Crippen LogP contribution in [0.2, 0.25) is 0 Å². The number of nitrogens with one attached hydrogen (secondary N) is 2. The SMILES string of the molecule is CCc1ccc(NCC(O)CO)c([N+](=O)[O-])c1NCCO. The minimum atomic E-state index is -0.996. The monoisotopic (exact) mass is 299 g/mol. The van der Waals surface area contributed by atoms with Crippen molar-refractivity contribution in [2.24, 2.45) is 0 Å². The van der Waals surface area contributed by atoms with Crippen molar-refractivity contribution in [3.63, 3.8) is 0 Å². The summed E-state index contributed by atoms with van der Waals surface area (Å²) in [6, 6.07) is 3.32. The minimum Gasteiger partial charge on any atom is -0.395 e. The Morgan fingerprint density at radius 2 is 2.05 bits per heavy atom. The van der Waals surface area contributed by atoms with Gasteiger partial charge in [0.15, 0.2) is 0 Å². The number of hydrogen-bond acceptors (Lipinski definition) is 7. The van der Waals surface area contributed by atoms with Crippen LogP contribution in [-0.4, -0.2) is 52.7 Å². The molecule has 5 N–H and O–H groups in total. The van der Waals surface area contributed by atoms with Crippen LogP contribution in [0.5, 0.6) is 0 Å². The fourth-order valence-corrected chi connectivity index (χ4v) is 1.93. The Morgan fingerprint density at radius 1 is 1.33 bits per heavy atom.